The molecule has 1 rings (SSSR count). The van der Waals surface area contributed by atoms with E-state index in [1.54, 1.807) is 6.92 Å². The molecule has 0 bridgehead atoms. The molecule has 0 aliphatic carbocycles. The van der Waals surface area contributed by atoms with Crippen LogP contribution in [0.25, 0.3) is 0 Å². The van der Waals surface area contributed by atoms with Crippen LogP contribution in [0.5, 0.6) is 11.5 Å². The molecular weight excluding hydrogens is 236 g/mol. The Balaban J connectivity index is 3.12. The largest absolute Gasteiger partial charge is 0.505 e. The number of nitrogen functional groups attached to an aromatic ring is 2. The number of hydrogen-bond acceptors (Lipinski definition) is 6. The summed E-state index contributed by atoms with van der Waals surface area (Å²) in [6, 6.07) is 1.30. The summed E-state index contributed by atoms with van der Waals surface area (Å²) in [6.07, 6.45) is 0.689. The lowest BCUT2D eigenvalue weighted by molar-refractivity contribution is 0.0502. The zero-order chi connectivity index (χ0) is 13.7. The Bertz CT molecular complexity index is 446. The molecule has 6 nitrogen and oxygen atoms in total. The monoisotopic (exact) mass is 254 g/mol. The fourth-order valence-electron chi connectivity index (χ4n) is 1.43. The van der Waals surface area contributed by atoms with Crippen LogP contribution >= 0.6 is 0 Å². The van der Waals surface area contributed by atoms with E-state index >= 15 is 0 Å². The molecule has 5 N–H and O–H groups in total. The zero-order valence-electron chi connectivity index (χ0n) is 10.5. The lowest BCUT2D eigenvalue weighted by Gasteiger charge is -2.14. The number of hydrogen-bond donors (Lipinski definition) is 3. The van der Waals surface area contributed by atoms with Gasteiger partial charge < -0.3 is 26.0 Å². The van der Waals surface area contributed by atoms with Crippen LogP contribution in [0, 0.1) is 0 Å². The van der Waals surface area contributed by atoms with E-state index in [9.17, 15) is 9.90 Å². The molecule has 18 heavy (non-hydrogen) atoms. The third kappa shape index (κ3) is 2.77. The summed E-state index contributed by atoms with van der Waals surface area (Å²) in [4.78, 5) is 11.7. The van der Waals surface area contributed by atoms with Crippen molar-refractivity contribution in [3.8, 4) is 11.5 Å². The van der Waals surface area contributed by atoms with E-state index in [1.165, 1.54) is 6.07 Å². The van der Waals surface area contributed by atoms with Crippen LogP contribution in [0.15, 0.2) is 6.07 Å². The normalized spacial score (nSPS) is 10.1. The Morgan fingerprint density at radius 1 is 1.39 bits per heavy atom. The van der Waals surface area contributed by atoms with Crippen LogP contribution < -0.4 is 16.2 Å². The molecule has 0 radical (unpaired) electrons. The van der Waals surface area contributed by atoms with E-state index in [4.69, 9.17) is 20.9 Å². The van der Waals surface area contributed by atoms with Crippen LogP contribution in [-0.2, 0) is 4.74 Å². The minimum Gasteiger partial charge on any atom is -0.505 e. The van der Waals surface area contributed by atoms with Gasteiger partial charge >= 0.3 is 5.97 Å². The third-order valence-corrected chi connectivity index (χ3v) is 2.26. The van der Waals surface area contributed by atoms with Crippen LogP contribution in [-0.4, -0.2) is 24.3 Å². The Morgan fingerprint density at radius 2 is 2.06 bits per heavy atom. The second-order valence-electron chi connectivity index (χ2n) is 3.67. The van der Waals surface area contributed by atoms with E-state index in [0.717, 1.165) is 0 Å². The summed E-state index contributed by atoms with van der Waals surface area (Å²) in [5, 5.41) is 9.84. The summed E-state index contributed by atoms with van der Waals surface area (Å²) >= 11 is 0. The number of esters is 1. The summed E-state index contributed by atoms with van der Waals surface area (Å²) < 4.78 is 10.1. The van der Waals surface area contributed by atoms with Gasteiger partial charge in [0.1, 0.15) is 11.3 Å². The van der Waals surface area contributed by atoms with E-state index in [2.05, 4.69) is 0 Å². The molecule has 0 unspecified atom stereocenters. The minimum absolute atomic E-state index is 0.0538. The van der Waals surface area contributed by atoms with E-state index < -0.39 is 5.97 Å². The SMILES string of the molecule is CCCOC(=O)c1cc(N)c(OCC)c(N)c1O. The van der Waals surface area contributed by atoms with Crippen LogP contribution in [0.3, 0.4) is 0 Å². The molecule has 0 amide bonds. The molecule has 100 valence electrons. The Kier molecular flexibility index (Phi) is 4.65. The van der Waals surface area contributed by atoms with Crippen LogP contribution in [0.4, 0.5) is 11.4 Å². The molecule has 1 aromatic rings. The predicted molar refractivity (Wildman–Crippen MR) is 68.7 cm³/mol. The molecular formula is C12H18N2O4. The van der Waals surface area contributed by atoms with Crippen molar-refractivity contribution in [2.45, 2.75) is 20.3 Å². The first kappa shape index (κ1) is 14.0. The first-order valence-electron chi connectivity index (χ1n) is 5.73. The van der Waals surface area contributed by atoms with Gasteiger partial charge in [-0.15, -0.1) is 0 Å². The number of aromatic hydroxyl groups is 1. The molecule has 0 aromatic heterocycles. The van der Waals surface area contributed by atoms with Gasteiger partial charge in [0, 0.05) is 0 Å². The van der Waals surface area contributed by atoms with Crippen molar-refractivity contribution in [1.82, 2.24) is 0 Å². The molecule has 6 heteroatoms. The average Bonchev–Trinajstić information content (AvgIpc) is 2.36. The summed E-state index contributed by atoms with van der Waals surface area (Å²) in [5.74, 6) is -0.841. The quantitative estimate of drug-likeness (QED) is 0.318. The first-order valence-corrected chi connectivity index (χ1v) is 5.73. The number of ether oxygens (including phenoxy) is 2. The molecule has 0 saturated heterocycles. The number of nitrogens with two attached hydrogens (primary N) is 2. The number of anilines is 2. The van der Waals surface area contributed by atoms with Gasteiger partial charge in [-0.25, -0.2) is 4.79 Å². The number of carbonyl (C=O) groups excluding carboxylic acids is 1. The summed E-state index contributed by atoms with van der Waals surface area (Å²) in [5.41, 5.74) is 11.5. The Hall–Kier alpha value is -2.11. The molecule has 0 aliphatic rings. The van der Waals surface area contributed by atoms with Crippen molar-refractivity contribution in [2.24, 2.45) is 0 Å². The van der Waals surface area contributed by atoms with Crippen LogP contribution in [0.1, 0.15) is 30.6 Å². The number of phenols is 1. The topological polar surface area (TPSA) is 108 Å². The number of carbonyl (C=O) groups is 1. The molecule has 0 saturated carbocycles. The molecule has 0 heterocycles. The van der Waals surface area contributed by atoms with Crippen LogP contribution in [0.2, 0.25) is 0 Å². The second-order valence-corrected chi connectivity index (χ2v) is 3.67. The van der Waals surface area contributed by atoms with E-state index in [-0.39, 0.29) is 35.0 Å². The molecule has 0 atom stereocenters. The highest BCUT2D eigenvalue weighted by molar-refractivity contribution is 5.97. The Labute approximate surface area is 105 Å². The maximum Gasteiger partial charge on any atom is 0.342 e. The number of phenolic OH excluding ortho intramolecular Hbond substituents is 1. The highest BCUT2D eigenvalue weighted by atomic mass is 16.5. The lowest BCUT2D eigenvalue weighted by atomic mass is 10.1. The molecule has 0 aliphatic heterocycles. The van der Waals surface area contributed by atoms with Crippen molar-refractivity contribution in [2.75, 3.05) is 24.7 Å². The lowest BCUT2D eigenvalue weighted by Crippen LogP contribution is -2.10. The Morgan fingerprint density at radius 3 is 2.61 bits per heavy atom. The highest BCUT2D eigenvalue weighted by Crippen LogP contribution is 2.39. The first-order chi connectivity index (χ1) is 8.52. The van der Waals surface area contributed by atoms with Gasteiger partial charge in [-0.05, 0) is 19.4 Å². The van der Waals surface area contributed by atoms with Crippen molar-refractivity contribution in [1.29, 1.82) is 0 Å². The fraction of sp³-hybridized carbons (Fsp3) is 0.417. The van der Waals surface area contributed by atoms with Gasteiger partial charge in [-0.3, -0.25) is 0 Å². The average molecular weight is 254 g/mol. The third-order valence-electron chi connectivity index (χ3n) is 2.26. The van der Waals surface area contributed by atoms with Gasteiger partial charge in [0.05, 0.1) is 18.9 Å². The van der Waals surface area contributed by atoms with Crippen molar-refractivity contribution < 1.29 is 19.4 Å². The maximum atomic E-state index is 11.7. The van der Waals surface area contributed by atoms with Gasteiger partial charge in [0.2, 0.25) is 0 Å². The second kappa shape index (κ2) is 6.00. The summed E-state index contributed by atoms with van der Waals surface area (Å²) in [7, 11) is 0. The fourth-order valence-corrected chi connectivity index (χ4v) is 1.43. The van der Waals surface area contributed by atoms with Gasteiger partial charge in [0.25, 0.3) is 0 Å². The van der Waals surface area contributed by atoms with Gasteiger partial charge in [-0.2, -0.15) is 0 Å². The van der Waals surface area contributed by atoms with Crippen molar-refractivity contribution in [3.05, 3.63) is 11.6 Å². The van der Waals surface area contributed by atoms with Gasteiger partial charge in [0.15, 0.2) is 11.5 Å². The highest BCUT2D eigenvalue weighted by Gasteiger charge is 2.20. The van der Waals surface area contributed by atoms with Crippen molar-refractivity contribution >= 4 is 17.3 Å². The molecule has 1 aromatic carbocycles. The van der Waals surface area contributed by atoms with E-state index in [0.29, 0.717) is 13.0 Å². The molecule has 0 spiro atoms. The van der Waals surface area contributed by atoms with Crippen molar-refractivity contribution in [3.63, 3.8) is 0 Å². The number of benzene rings is 1. The number of rotatable bonds is 5. The zero-order valence-corrected chi connectivity index (χ0v) is 10.5. The smallest absolute Gasteiger partial charge is 0.342 e. The maximum absolute atomic E-state index is 11.7. The summed E-state index contributed by atoms with van der Waals surface area (Å²) in [6.45, 7) is 4.26. The standard InChI is InChI=1S/C12H18N2O4/c1-3-5-18-12(16)7-6-8(13)11(17-4-2)9(14)10(7)15/h6,15H,3-5,13-14H2,1-2H3. The van der Waals surface area contributed by atoms with E-state index in [1.807, 2.05) is 6.92 Å². The minimum atomic E-state index is -0.657. The van der Waals surface area contributed by atoms with Gasteiger partial charge in [-0.1, -0.05) is 6.92 Å². The predicted octanol–water partition coefficient (Wildman–Crippen LogP) is 1.52. The molecule has 0 fully saturated rings.